The molecule has 3 N–H and O–H groups in total. The summed E-state index contributed by atoms with van der Waals surface area (Å²) in [6, 6.07) is 47.6. The van der Waals surface area contributed by atoms with Crippen molar-refractivity contribution in [3.63, 3.8) is 0 Å². The lowest BCUT2D eigenvalue weighted by Crippen LogP contribution is -2.30. The Morgan fingerprint density at radius 3 is 2.22 bits per heavy atom. The molecule has 0 aliphatic carbocycles. The Kier molecular flexibility index (Phi) is 11.4. The van der Waals surface area contributed by atoms with E-state index in [9.17, 15) is 14.4 Å². The number of oxazole rings is 1. The van der Waals surface area contributed by atoms with E-state index in [0.29, 0.717) is 46.3 Å². The van der Waals surface area contributed by atoms with E-state index >= 15 is 0 Å². The average Bonchev–Trinajstić information content (AvgIpc) is 3.66. The molecule has 1 heterocycles. The van der Waals surface area contributed by atoms with Gasteiger partial charge in [0.1, 0.15) is 22.2 Å². The molecule has 0 fully saturated rings. The van der Waals surface area contributed by atoms with Crippen LogP contribution >= 0.6 is 11.8 Å². The fourth-order valence-corrected chi connectivity index (χ4v) is 6.85. The molecule has 3 amide bonds. The number of ether oxygens (including phenoxy) is 1. The van der Waals surface area contributed by atoms with Gasteiger partial charge in [0.25, 0.3) is 11.8 Å². The molecule has 272 valence electrons. The summed E-state index contributed by atoms with van der Waals surface area (Å²) in [4.78, 5) is 46.3. The summed E-state index contributed by atoms with van der Waals surface area (Å²) in [5.74, 6) is -0.108. The Morgan fingerprint density at radius 1 is 0.745 bits per heavy atom. The molecule has 1 unspecified atom stereocenters. The van der Waals surface area contributed by atoms with Gasteiger partial charge in [-0.2, -0.15) is 0 Å². The first-order valence-electron chi connectivity index (χ1n) is 17.6. The van der Waals surface area contributed by atoms with Crippen LogP contribution in [0.5, 0.6) is 5.75 Å². The van der Waals surface area contributed by atoms with Gasteiger partial charge in [-0.25, -0.2) is 4.98 Å². The van der Waals surface area contributed by atoms with Gasteiger partial charge in [0.15, 0.2) is 5.58 Å². The number of thioether (sulfide) groups is 1. The molecule has 1 atom stereocenters. The highest BCUT2D eigenvalue weighted by Crippen LogP contribution is 2.37. The fourth-order valence-electron chi connectivity index (χ4n) is 5.77. The highest BCUT2D eigenvalue weighted by Gasteiger charge is 2.23. The summed E-state index contributed by atoms with van der Waals surface area (Å²) >= 11 is 1.35. The van der Waals surface area contributed by atoms with E-state index in [1.807, 2.05) is 116 Å². The van der Waals surface area contributed by atoms with Gasteiger partial charge in [-0.3, -0.25) is 14.4 Å². The maximum atomic E-state index is 13.9. The number of para-hydroxylation sites is 3. The molecule has 10 heteroatoms. The molecule has 0 radical (unpaired) electrons. The number of nitrogens with one attached hydrogen (secondary N) is 3. The first kappa shape index (κ1) is 36.4. The number of fused-ring (bicyclic) bond motifs is 1. The zero-order chi connectivity index (χ0) is 38.0. The number of hydrogen-bond donors (Lipinski definition) is 3. The predicted molar refractivity (Wildman–Crippen MR) is 218 cm³/mol. The first-order chi connectivity index (χ1) is 26.9. The number of rotatable bonds is 13. The average molecular weight is 745 g/mol. The van der Waals surface area contributed by atoms with Crippen LogP contribution in [0.2, 0.25) is 0 Å². The number of anilines is 2. The largest absolute Gasteiger partial charge is 0.493 e. The van der Waals surface area contributed by atoms with Crippen molar-refractivity contribution in [1.82, 2.24) is 10.3 Å². The van der Waals surface area contributed by atoms with Crippen LogP contribution in [0.3, 0.4) is 0 Å². The number of benzene rings is 6. The van der Waals surface area contributed by atoms with E-state index < -0.39 is 17.1 Å². The van der Waals surface area contributed by atoms with Gasteiger partial charge in [-0.1, -0.05) is 84.9 Å². The second kappa shape index (κ2) is 17.3. The van der Waals surface area contributed by atoms with Gasteiger partial charge in [-0.05, 0) is 91.4 Å². The van der Waals surface area contributed by atoms with Crippen LogP contribution in [0, 0.1) is 0 Å². The summed E-state index contributed by atoms with van der Waals surface area (Å²) in [5.41, 5.74) is 5.25. The monoisotopic (exact) mass is 744 g/mol. The molecule has 6 aromatic carbocycles. The van der Waals surface area contributed by atoms with Gasteiger partial charge in [0.05, 0.1) is 6.61 Å². The molecule has 0 saturated heterocycles. The molecular weight excluding hydrogens is 709 g/mol. The SMILES string of the molecule is CCOc1ccccc1/C=C(/NC(=O)c1ccccc1)C(=O)Nc1cccc(SC(C(=O)Nc2ccc(-c3nc4ccccc4o3)cc2)c2ccccc2)c1. The van der Waals surface area contributed by atoms with Gasteiger partial charge < -0.3 is 25.1 Å². The zero-order valence-electron chi connectivity index (χ0n) is 29.8. The number of amides is 3. The maximum Gasteiger partial charge on any atom is 0.272 e. The molecule has 0 spiro atoms. The molecule has 9 nitrogen and oxygen atoms in total. The minimum absolute atomic E-state index is 0.0303. The van der Waals surface area contributed by atoms with E-state index in [2.05, 4.69) is 20.9 Å². The quantitative estimate of drug-likeness (QED) is 0.0794. The van der Waals surface area contributed by atoms with Crippen molar-refractivity contribution >= 4 is 58.0 Å². The molecule has 0 bridgehead atoms. The highest BCUT2D eigenvalue weighted by molar-refractivity contribution is 8.00. The third kappa shape index (κ3) is 9.19. The lowest BCUT2D eigenvalue weighted by molar-refractivity contribution is -0.116. The van der Waals surface area contributed by atoms with Crippen molar-refractivity contribution in [3.05, 3.63) is 180 Å². The molecule has 55 heavy (non-hydrogen) atoms. The van der Waals surface area contributed by atoms with Crippen molar-refractivity contribution < 1.29 is 23.5 Å². The van der Waals surface area contributed by atoms with E-state index in [1.54, 1.807) is 54.6 Å². The lowest BCUT2D eigenvalue weighted by atomic mass is 10.1. The number of carbonyl (C=O) groups excluding carboxylic acids is 3. The molecule has 0 saturated carbocycles. The molecule has 1 aromatic heterocycles. The summed E-state index contributed by atoms with van der Waals surface area (Å²) in [7, 11) is 0. The molecule has 0 aliphatic rings. The van der Waals surface area contributed by atoms with Crippen LogP contribution in [0.4, 0.5) is 11.4 Å². The number of carbonyl (C=O) groups is 3. The van der Waals surface area contributed by atoms with Crippen LogP contribution in [-0.4, -0.2) is 29.3 Å². The number of aromatic nitrogens is 1. The third-order valence-corrected chi connectivity index (χ3v) is 9.68. The number of hydrogen-bond acceptors (Lipinski definition) is 7. The van der Waals surface area contributed by atoms with Crippen molar-refractivity contribution in [2.45, 2.75) is 17.1 Å². The first-order valence-corrected chi connectivity index (χ1v) is 18.5. The zero-order valence-corrected chi connectivity index (χ0v) is 30.6. The van der Waals surface area contributed by atoms with E-state index in [1.165, 1.54) is 11.8 Å². The Labute approximate surface area is 322 Å². The lowest BCUT2D eigenvalue weighted by Gasteiger charge is -2.18. The van der Waals surface area contributed by atoms with Crippen LogP contribution in [0.1, 0.15) is 33.7 Å². The maximum absolute atomic E-state index is 13.9. The summed E-state index contributed by atoms with van der Waals surface area (Å²) in [6.07, 6.45) is 1.59. The smallest absolute Gasteiger partial charge is 0.272 e. The van der Waals surface area contributed by atoms with Crippen molar-refractivity contribution in [1.29, 1.82) is 0 Å². The van der Waals surface area contributed by atoms with Crippen LogP contribution in [0.25, 0.3) is 28.6 Å². The van der Waals surface area contributed by atoms with Crippen molar-refractivity contribution in [3.8, 4) is 17.2 Å². The van der Waals surface area contributed by atoms with E-state index in [-0.39, 0.29) is 11.6 Å². The van der Waals surface area contributed by atoms with Crippen LogP contribution in [0.15, 0.2) is 173 Å². The predicted octanol–water partition coefficient (Wildman–Crippen LogP) is 9.78. The highest BCUT2D eigenvalue weighted by atomic mass is 32.2. The minimum Gasteiger partial charge on any atom is -0.493 e. The van der Waals surface area contributed by atoms with Crippen molar-refractivity contribution in [2.75, 3.05) is 17.2 Å². The molecule has 7 rings (SSSR count). The topological polar surface area (TPSA) is 123 Å². The van der Waals surface area contributed by atoms with E-state index in [4.69, 9.17) is 9.15 Å². The van der Waals surface area contributed by atoms with Crippen LogP contribution in [-0.2, 0) is 9.59 Å². The summed E-state index contributed by atoms with van der Waals surface area (Å²) < 4.78 is 11.7. The van der Waals surface area contributed by atoms with Gasteiger partial charge >= 0.3 is 0 Å². The Balaban J connectivity index is 1.10. The van der Waals surface area contributed by atoms with Crippen LogP contribution < -0.4 is 20.7 Å². The van der Waals surface area contributed by atoms with Gasteiger partial charge in [0, 0.05) is 33.0 Å². The van der Waals surface area contributed by atoms with Crippen molar-refractivity contribution in [2.24, 2.45) is 0 Å². The second-order valence-corrected chi connectivity index (χ2v) is 13.5. The summed E-state index contributed by atoms with van der Waals surface area (Å²) in [5, 5.41) is 8.15. The summed E-state index contributed by atoms with van der Waals surface area (Å²) in [6.45, 7) is 2.31. The van der Waals surface area contributed by atoms with Gasteiger partial charge in [-0.15, -0.1) is 11.8 Å². The molecular formula is C45H36N4O5S. The Morgan fingerprint density at radius 2 is 1.45 bits per heavy atom. The Hall–Kier alpha value is -6.91. The fraction of sp³-hybridized carbons (Fsp3) is 0.0667. The third-order valence-electron chi connectivity index (χ3n) is 8.43. The van der Waals surface area contributed by atoms with Gasteiger partial charge in [0.2, 0.25) is 11.8 Å². The Bertz CT molecular complexity index is 2430. The minimum atomic E-state index is -0.625. The van der Waals surface area contributed by atoms with E-state index in [0.717, 1.165) is 21.5 Å². The normalized spacial score (nSPS) is 11.8. The molecule has 7 aromatic rings. The number of nitrogens with zero attached hydrogens (tertiary/aromatic N) is 1. The second-order valence-electron chi connectivity index (χ2n) is 12.3. The molecule has 0 aliphatic heterocycles. The standard InChI is InChI=1S/C45H36N4O5S/c1-2-53-39-22-11-9-18-33(39)28-38(48-42(50)31-16-7-4-8-17-31)43(51)47-35-19-13-20-36(29-35)55-41(30-14-5-3-6-15-30)44(52)46-34-26-24-32(25-27-34)45-49-37-21-10-12-23-40(37)54-45/h3-29,41H,2H2,1H3,(H,46,52)(H,47,51)(H,48,50)/b38-28+.